The molecule has 1 unspecified atom stereocenters. The third kappa shape index (κ3) is 13.0. The summed E-state index contributed by atoms with van der Waals surface area (Å²) in [6.07, 6.45) is 2.31. The van der Waals surface area contributed by atoms with Gasteiger partial charge in [0.1, 0.15) is 12.7 Å². The SMILES string of the molecule is CCCCOC(=O)C(C)(C)CC.COC(=O)C(C)(C)CSCC(COC(=O)c1cc(C(C)=O)c(C(=O)O)cc1C(=O)O)OC. The fourth-order valence-electron chi connectivity index (χ4n) is 3.27. The summed E-state index contributed by atoms with van der Waals surface area (Å²) in [6, 6.07) is 1.67. The first-order valence-electron chi connectivity index (χ1n) is 14.1. The molecular formula is C31H46O12S. The normalized spacial score (nSPS) is 11.8. The molecule has 0 bridgehead atoms. The van der Waals surface area contributed by atoms with E-state index in [1.165, 1.54) is 26.0 Å². The van der Waals surface area contributed by atoms with Crippen molar-refractivity contribution in [3.05, 3.63) is 34.4 Å². The lowest BCUT2D eigenvalue weighted by Crippen LogP contribution is -2.30. The van der Waals surface area contributed by atoms with E-state index in [0.717, 1.165) is 38.3 Å². The monoisotopic (exact) mass is 642 g/mol. The van der Waals surface area contributed by atoms with Crippen molar-refractivity contribution < 1.29 is 57.9 Å². The van der Waals surface area contributed by atoms with Crippen molar-refractivity contribution in [1.29, 1.82) is 0 Å². The Hall–Kier alpha value is -3.45. The topological polar surface area (TPSA) is 180 Å². The van der Waals surface area contributed by atoms with Crippen LogP contribution in [-0.4, -0.2) is 90.9 Å². The number of carboxylic acid groups (broad SMARTS) is 2. The van der Waals surface area contributed by atoms with Gasteiger partial charge in [-0.05, 0) is 59.6 Å². The maximum atomic E-state index is 12.5. The lowest BCUT2D eigenvalue weighted by molar-refractivity contribution is -0.154. The average Bonchev–Trinajstić information content (AvgIpc) is 2.97. The van der Waals surface area contributed by atoms with E-state index in [0.29, 0.717) is 18.1 Å². The van der Waals surface area contributed by atoms with Crippen LogP contribution in [0.1, 0.15) is 109 Å². The van der Waals surface area contributed by atoms with E-state index in [-0.39, 0.29) is 29.5 Å². The Morgan fingerprint density at radius 2 is 1.36 bits per heavy atom. The van der Waals surface area contributed by atoms with Crippen LogP contribution in [0.15, 0.2) is 12.1 Å². The summed E-state index contributed by atoms with van der Waals surface area (Å²) in [6.45, 7) is 12.8. The molecular weight excluding hydrogens is 596 g/mol. The molecule has 1 atom stereocenters. The molecule has 12 nitrogen and oxygen atoms in total. The first-order valence-corrected chi connectivity index (χ1v) is 15.2. The van der Waals surface area contributed by atoms with Gasteiger partial charge in [0.2, 0.25) is 0 Å². The summed E-state index contributed by atoms with van der Waals surface area (Å²) in [5, 5.41) is 18.6. The summed E-state index contributed by atoms with van der Waals surface area (Å²) in [5.41, 5.74) is -2.90. The average molecular weight is 643 g/mol. The Morgan fingerprint density at radius 3 is 1.82 bits per heavy atom. The van der Waals surface area contributed by atoms with Gasteiger partial charge in [-0.3, -0.25) is 14.4 Å². The van der Waals surface area contributed by atoms with Crippen molar-refractivity contribution >= 4 is 47.4 Å². The van der Waals surface area contributed by atoms with Crippen LogP contribution in [0.5, 0.6) is 0 Å². The number of ether oxygens (including phenoxy) is 4. The van der Waals surface area contributed by atoms with E-state index < -0.39 is 51.9 Å². The molecule has 0 fully saturated rings. The zero-order valence-electron chi connectivity index (χ0n) is 27.1. The van der Waals surface area contributed by atoms with Gasteiger partial charge in [0.15, 0.2) is 5.78 Å². The predicted octanol–water partition coefficient (Wildman–Crippen LogP) is 5.16. The molecule has 0 aliphatic heterocycles. The lowest BCUT2D eigenvalue weighted by Gasteiger charge is -2.22. The van der Waals surface area contributed by atoms with Crippen molar-refractivity contribution in [2.75, 3.05) is 38.9 Å². The molecule has 44 heavy (non-hydrogen) atoms. The van der Waals surface area contributed by atoms with E-state index in [4.69, 9.17) is 18.9 Å². The second-order valence-corrected chi connectivity index (χ2v) is 12.2. The molecule has 248 valence electrons. The molecule has 0 aliphatic rings. The van der Waals surface area contributed by atoms with Gasteiger partial charge in [0.25, 0.3) is 0 Å². The number of methoxy groups -OCH3 is 2. The molecule has 0 saturated carbocycles. The van der Waals surface area contributed by atoms with Crippen LogP contribution in [0.25, 0.3) is 0 Å². The van der Waals surface area contributed by atoms with E-state index in [2.05, 4.69) is 6.92 Å². The second kappa shape index (κ2) is 19.0. The fourth-order valence-corrected chi connectivity index (χ4v) is 4.52. The fraction of sp³-hybridized carbons (Fsp3) is 0.613. The molecule has 0 aromatic heterocycles. The summed E-state index contributed by atoms with van der Waals surface area (Å²) in [7, 11) is 2.71. The number of hydrogen-bond donors (Lipinski definition) is 2. The van der Waals surface area contributed by atoms with Gasteiger partial charge in [-0.2, -0.15) is 11.8 Å². The lowest BCUT2D eigenvalue weighted by atomic mass is 9.91. The number of thioether (sulfide) groups is 1. The number of esters is 3. The minimum atomic E-state index is -1.54. The maximum absolute atomic E-state index is 12.5. The number of Topliss-reactive ketones (excluding diaryl/α,β-unsaturated/α-hetero) is 1. The van der Waals surface area contributed by atoms with Gasteiger partial charge >= 0.3 is 29.8 Å². The van der Waals surface area contributed by atoms with Crippen molar-refractivity contribution in [3.8, 4) is 0 Å². The van der Waals surface area contributed by atoms with E-state index in [1.807, 2.05) is 20.8 Å². The Balaban J connectivity index is 0.00000129. The van der Waals surface area contributed by atoms with Crippen LogP contribution in [0, 0.1) is 10.8 Å². The van der Waals surface area contributed by atoms with Gasteiger partial charge in [-0.25, -0.2) is 14.4 Å². The maximum Gasteiger partial charge on any atom is 0.339 e. The number of carboxylic acids is 2. The van der Waals surface area contributed by atoms with E-state index >= 15 is 0 Å². The molecule has 1 aromatic rings. The highest BCUT2D eigenvalue weighted by atomic mass is 32.2. The van der Waals surface area contributed by atoms with Crippen molar-refractivity contribution in [1.82, 2.24) is 0 Å². The highest BCUT2D eigenvalue weighted by Crippen LogP contribution is 2.25. The number of hydrogen-bond acceptors (Lipinski definition) is 11. The Labute approximate surface area is 263 Å². The number of benzene rings is 1. The van der Waals surface area contributed by atoms with E-state index in [1.54, 1.807) is 13.8 Å². The predicted molar refractivity (Wildman–Crippen MR) is 165 cm³/mol. The smallest absolute Gasteiger partial charge is 0.339 e. The third-order valence-electron chi connectivity index (χ3n) is 6.62. The summed E-state index contributed by atoms with van der Waals surface area (Å²) < 4.78 is 20.3. The summed E-state index contributed by atoms with van der Waals surface area (Å²) >= 11 is 1.38. The standard InChI is InChI=1S/C21H26O10S.C10H20O2/c1-11(22)13-6-16(15(18(25)26)7-14(13)17(23)24)19(27)31-8-12(29-4)9-32-10-21(2,3)20(28)30-5;1-5-7-8-12-9(11)10(3,4)6-2/h6-7,12H,8-10H2,1-5H3,(H,23,24)(H,25,26);5-8H2,1-4H3. The Kier molecular flexibility index (Phi) is 17.6. The zero-order valence-corrected chi connectivity index (χ0v) is 27.9. The van der Waals surface area contributed by atoms with Crippen molar-refractivity contribution in [2.45, 2.75) is 73.8 Å². The molecule has 0 amide bonds. The van der Waals surface area contributed by atoms with Gasteiger partial charge in [0.05, 0.1) is 41.2 Å². The molecule has 0 radical (unpaired) electrons. The van der Waals surface area contributed by atoms with Crippen LogP contribution in [0.4, 0.5) is 0 Å². The summed E-state index contributed by atoms with van der Waals surface area (Å²) in [4.78, 5) is 70.3. The quantitative estimate of drug-likeness (QED) is 0.0986. The number of carbonyl (C=O) groups is 6. The van der Waals surface area contributed by atoms with Crippen molar-refractivity contribution in [3.63, 3.8) is 0 Å². The minimum Gasteiger partial charge on any atom is -0.478 e. The number of unbranched alkanes of at least 4 members (excludes halogenated alkanes) is 1. The molecule has 0 aliphatic carbocycles. The number of ketones is 1. The first-order chi connectivity index (χ1) is 20.4. The molecule has 0 heterocycles. The number of rotatable bonds is 17. The third-order valence-corrected chi connectivity index (χ3v) is 8.16. The van der Waals surface area contributed by atoms with Crippen LogP contribution in [0.3, 0.4) is 0 Å². The summed E-state index contributed by atoms with van der Waals surface area (Å²) in [5.74, 6) is -4.36. The number of aromatic carboxylic acids is 2. The Bertz CT molecular complexity index is 1170. The number of carbonyl (C=O) groups excluding carboxylic acids is 4. The van der Waals surface area contributed by atoms with Gasteiger partial charge in [-0.15, -0.1) is 0 Å². The Morgan fingerprint density at radius 1 is 0.818 bits per heavy atom. The van der Waals surface area contributed by atoms with Crippen LogP contribution < -0.4 is 0 Å². The molecule has 2 N–H and O–H groups in total. The van der Waals surface area contributed by atoms with E-state index in [9.17, 15) is 39.0 Å². The second-order valence-electron chi connectivity index (χ2n) is 11.2. The van der Waals surface area contributed by atoms with Crippen LogP contribution in [0.2, 0.25) is 0 Å². The molecule has 1 rings (SSSR count). The van der Waals surface area contributed by atoms with Crippen molar-refractivity contribution in [2.24, 2.45) is 10.8 Å². The van der Waals surface area contributed by atoms with Crippen LogP contribution >= 0.6 is 11.8 Å². The van der Waals surface area contributed by atoms with Crippen LogP contribution in [-0.2, 0) is 28.5 Å². The largest absolute Gasteiger partial charge is 0.478 e. The molecule has 1 aromatic carbocycles. The molecule has 13 heteroatoms. The zero-order chi connectivity index (χ0) is 34.3. The van der Waals surface area contributed by atoms with Gasteiger partial charge in [-0.1, -0.05) is 20.3 Å². The first kappa shape index (κ1) is 40.5. The highest BCUT2D eigenvalue weighted by molar-refractivity contribution is 7.99. The molecule has 0 saturated heterocycles. The molecule has 0 spiro atoms. The van der Waals surface area contributed by atoms with Gasteiger partial charge < -0.3 is 29.2 Å². The highest BCUT2D eigenvalue weighted by Gasteiger charge is 2.30. The van der Waals surface area contributed by atoms with Gasteiger partial charge in [0, 0.05) is 24.2 Å². The minimum absolute atomic E-state index is 0.0709.